The van der Waals surface area contributed by atoms with Gasteiger partial charge in [0.1, 0.15) is 0 Å². The fourth-order valence-electron chi connectivity index (χ4n) is 2.43. The molecular weight excluding hydrogens is 222 g/mol. The second kappa shape index (κ2) is 12.0. The van der Waals surface area contributed by atoms with Crippen LogP contribution in [0.3, 0.4) is 0 Å². The maximum atomic E-state index is 12.0. The molecule has 0 aromatic carbocycles. The molecule has 0 aliphatic rings. The molecule has 2 nitrogen and oxygen atoms in total. The van der Waals surface area contributed by atoms with E-state index < -0.39 is 0 Å². The highest BCUT2D eigenvalue weighted by Gasteiger charge is 2.09. The van der Waals surface area contributed by atoms with Crippen LogP contribution in [0.2, 0.25) is 0 Å². The molecule has 0 rings (SSSR count). The van der Waals surface area contributed by atoms with Crippen LogP contribution in [0.1, 0.15) is 85.0 Å². The zero-order valence-corrected chi connectivity index (χ0v) is 13.0. The second-order valence-electron chi connectivity index (χ2n) is 5.60. The fraction of sp³-hybridized carbons (Fsp3) is 1.00. The molecule has 0 fully saturated rings. The molecule has 0 bridgehead atoms. The van der Waals surface area contributed by atoms with Crippen molar-refractivity contribution in [3.05, 3.63) is 5.21 Å². The fourth-order valence-corrected chi connectivity index (χ4v) is 2.43. The number of hydrogen-bond acceptors (Lipinski definition) is 1. The maximum absolute atomic E-state index is 12.0. The summed E-state index contributed by atoms with van der Waals surface area (Å²) in [5.74, 6) is 0. The van der Waals surface area contributed by atoms with E-state index in [0.717, 1.165) is 26.1 Å². The Morgan fingerprint density at radius 2 is 1.00 bits per heavy atom. The van der Waals surface area contributed by atoms with Gasteiger partial charge in [-0.05, 0) is 26.7 Å². The minimum absolute atomic E-state index is 0.0109. The molecule has 0 aromatic rings. The van der Waals surface area contributed by atoms with Gasteiger partial charge in [0.2, 0.25) is 0 Å². The molecule has 0 aliphatic heterocycles. The maximum Gasteiger partial charge on any atom is 0.0783 e. The number of quaternary nitrogens is 1. The van der Waals surface area contributed by atoms with Crippen molar-refractivity contribution in [3.63, 3.8) is 0 Å². The van der Waals surface area contributed by atoms with E-state index >= 15 is 0 Å². The van der Waals surface area contributed by atoms with Gasteiger partial charge in [-0.2, -0.15) is 0 Å². The summed E-state index contributed by atoms with van der Waals surface area (Å²) < 4.78 is 0.0109. The van der Waals surface area contributed by atoms with Gasteiger partial charge < -0.3 is 9.85 Å². The molecule has 0 amide bonds. The first kappa shape index (κ1) is 17.9. The van der Waals surface area contributed by atoms with E-state index in [-0.39, 0.29) is 4.65 Å². The van der Waals surface area contributed by atoms with Gasteiger partial charge >= 0.3 is 0 Å². The quantitative estimate of drug-likeness (QED) is 0.251. The monoisotopic (exact) mass is 257 g/mol. The topological polar surface area (TPSA) is 23.1 Å². The highest BCUT2D eigenvalue weighted by atomic mass is 16.5. The third-order valence-electron chi connectivity index (χ3n) is 4.07. The molecule has 0 radical (unpaired) electrons. The summed E-state index contributed by atoms with van der Waals surface area (Å²) >= 11 is 0. The third-order valence-corrected chi connectivity index (χ3v) is 4.07. The highest BCUT2D eigenvalue weighted by Crippen LogP contribution is 2.12. The van der Waals surface area contributed by atoms with Crippen molar-refractivity contribution in [3.8, 4) is 0 Å². The SMILES string of the molecule is CCCCCCCCCCCC[N+]([O-])(CC)CC. The molecule has 0 spiro atoms. The summed E-state index contributed by atoms with van der Waals surface area (Å²) in [6.45, 7) is 8.56. The molecule has 0 saturated carbocycles. The molecule has 0 aromatic heterocycles. The summed E-state index contributed by atoms with van der Waals surface area (Å²) in [6.07, 6.45) is 13.4. The Kier molecular flexibility index (Phi) is 11.9. The van der Waals surface area contributed by atoms with Crippen LogP contribution in [0.25, 0.3) is 0 Å². The lowest BCUT2D eigenvalue weighted by atomic mass is 10.1. The second-order valence-corrected chi connectivity index (χ2v) is 5.60. The van der Waals surface area contributed by atoms with Crippen molar-refractivity contribution < 1.29 is 4.65 Å². The normalized spacial score (nSPS) is 12.0. The first-order valence-corrected chi connectivity index (χ1v) is 8.25. The van der Waals surface area contributed by atoms with Gasteiger partial charge in [-0.3, -0.25) is 0 Å². The van der Waals surface area contributed by atoms with Gasteiger partial charge in [0.15, 0.2) is 0 Å². The van der Waals surface area contributed by atoms with E-state index in [2.05, 4.69) is 6.92 Å². The minimum atomic E-state index is 0.0109. The molecular formula is C16H35NO. The Morgan fingerprint density at radius 1 is 0.611 bits per heavy atom. The van der Waals surface area contributed by atoms with Gasteiger partial charge in [-0.15, -0.1) is 0 Å². The van der Waals surface area contributed by atoms with E-state index in [1.807, 2.05) is 13.8 Å². The average Bonchev–Trinajstić information content (AvgIpc) is 2.40. The van der Waals surface area contributed by atoms with Crippen LogP contribution in [0.15, 0.2) is 0 Å². The lowest BCUT2D eigenvalue weighted by molar-refractivity contribution is -0.877. The van der Waals surface area contributed by atoms with Crippen LogP contribution in [-0.4, -0.2) is 24.3 Å². The van der Waals surface area contributed by atoms with Crippen LogP contribution in [0.5, 0.6) is 0 Å². The van der Waals surface area contributed by atoms with Crippen molar-refractivity contribution >= 4 is 0 Å². The van der Waals surface area contributed by atoms with Crippen molar-refractivity contribution in [1.29, 1.82) is 0 Å². The molecule has 0 heterocycles. The van der Waals surface area contributed by atoms with Crippen LogP contribution in [0.4, 0.5) is 0 Å². The van der Waals surface area contributed by atoms with Gasteiger partial charge in [0.25, 0.3) is 0 Å². The van der Waals surface area contributed by atoms with Gasteiger partial charge in [0, 0.05) is 0 Å². The first-order chi connectivity index (χ1) is 8.68. The lowest BCUT2D eigenvalue weighted by Crippen LogP contribution is -2.42. The van der Waals surface area contributed by atoms with Gasteiger partial charge in [-0.25, -0.2) is 0 Å². The summed E-state index contributed by atoms with van der Waals surface area (Å²) in [5.41, 5.74) is 0. The van der Waals surface area contributed by atoms with Crippen molar-refractivity contribution in [2.45, 2.75) is 85.0 Å². The largest absolute Gasteiger partial charge is 0.633 e. The lowest BCUT2D eigenvalue weighted by Gasteiger charge is -2.41. The standard InChI is InChI=1S/C16H35NO/c1-4-7-8-9-10-11-12-13-14-15-16-17(18,5-2)6-3/h4-16H2,1-3H3. The van der Waals surface area contributed by atoms with Crippen LogP contribution in [0, 0.1) is 5.21 Å². The Morgan fingerprint density at radius 3 is 1.39 bits per heavy atom. The Labute approximate surface area is 115 Å². The third kappa shape index (κ3) is 9.90. The number of hydrogen-bond donors (Lipinski definition) is 0. The Bertz CT molecular complexity index is 166. The molecule has 0 atom stereocenters. The summed E-state index contributed by atoms with van der Waals surface area (Å²) in [4.78, 5) is 0. The average molecular weight is 257 g/mol. The zero-order chi connectivity index (χ0) is 13.7. The number of hydroxylamine groups is 3. The first-order valence-electron chi connectivity index (χ1n) is 8.25. The Balaban J connectivity index is 3.21. The summed E-state index contributed by atoms with van der Waals surface area (Å²) in [5, 5.41) is 12.0. The molecule has 0 saturated heterocycles. The number of rotatable bonds is 13. The van der Waals surface area contributed by atoms with E-state index in [9.17, 15) is 5.21 Å². The van der Waals surface area contributed by atoms with E-state index in [1.165, 1.54) is 57.8 Å². The molecule has 0 unspecified atom stereocenters. The smallest absolute Gasteiger partial charge is 0.0783 e. The van der Waals surface area contributed by atoms with Crippen molar-refractivity contribution in [2.75, 3.05) is 19.6 Å². The van der Waals surface area contributed by atoms with Crippen molar-refractivity contribution in [2.24, 2.45) is 0 Å². The van der Waals surface area contributed by atoms with Crippen molar-refractivity contribution in [1.82, 2.24) is 0 Å². The molecule has 110 valence electrons. The molecule has 18 heavy (non-hydrogen) atoms. The van der Waals surface area contributed by atoms with E-state index in [1.54, 1.807) is 0 Å². The predicted molar refractivity (Wildman–Crippen MR) is 81.4 cm³/mol. The van der Waals surface area contributed by atoms with Crippen LogP contribution in [-0.2, 0) is 0 Å². The van der Waals surface area contributed by atoms with Crippen LogP contribution < -0.4 is 0 Å². The van der Waals surface area contributed by atoms with Crippen LogP contribution >= 0.6 is 0 Å². The zero-order valence-electron chi connectivity index (χ0n) is 13.0. The molecule has 0 N–H and O–H groups in total. The Hall–Kier alpha value is -0.0800. The minimum Gasteiger partial charge on any atom is -0.633 e. The van der Waals surface area contributed by atoms with E-state index in [4.69, 9.17) is 0 Å². The summed E-state index contributed by atoms with van der Waals surface area (Å²) in [7, 11) is 0. The van der Waals surface area contributed by atoms with E-state index in [0.29, 0.717) is 0 Å². The summed E-state index contributed by atoms with van der Waals surface area (Å²) in [6, 6.07) is 0. The van der Waals surface area contributed by atoms with Gasteiger partial charge in [-0.1, -0.05) is 58.3 Å². The highest BCUT2D eigenvalue weighted by molar-refractivity contribution is 4.48. The predicted octanol–water partition coefficient (Wildman–Crippen LogP) is 5.26. The molecule has 0 aliphatic carbocycles. The molecule has 2 heteroatoms. The van der Waals surface area contributed by atoms with Gasteiger partial charge in [0.05, 0.1) is 19.6 Å². The number of nitrogens with zero attached hydrogens (tertiary/aromatic N) is 1. The number of unbranched alkanes of at least 4 members (excludes halogenated alkanes) is 9.